The molecule has 0 amide bonds. The Hall–Kier alpha value is -1.94. The third-order valence-corrected chi connectivity index (χ3v) is 2.96. The number of nitrogens with one attached hydrogen (secondary N) is 1. The predicted octanol–water partition coefficient (Wildman–Crippen LogP) is -0.764. The molecule has 3 N–H and O–H groups in total. The van der Waals surface area contributed by atoms with Crippen molar-refractivity contribution in [2.24, 2.45) is 7.05 Å². The monoisotopic (exact) mass is 285 g/mol. The molecule has 0 spiro atoms. The molecule has 0 saturated heterocycles. The first kappa shape index (κ1) is 13.5. The van der Waals surface area contributed by atoms with E-state index in [0.717, 1.165) is 6.26 Å². The van der Waals surface area contributed by atoms with Crippen molar-refractivity contribution in [2.45, 2.75) is 6.92 Å². The molecule has 0 fully saturated rings. The van der Waals surface area contributed by atoms with Crippen LogP contribution in [-0.4, -0.2) is 40.7 Å². The van der Waals surface area contributed by atoms with Gasteiger partial charge in [0.05, 0.1) is 12.6 Å². The van der Waals surface area contributed by atoms with Crippen LogP contribution in [0.2, 0.25) is 0 Å². The third kappa shape index (κ3) is 2.74. The number of imidazole rings is 1. The van der Waals surface area contributed by atoms with Crippen LogP contribution in [0.25, 0.3) is 11.2 Å². The Morgan fingerprint density at radius 3 is 2.74 bits per heavy atom. The molecule has 104 valence electrons. The molecule has 0 unspecified atom stereocenters. The third-order valence-electron chi connectivity index (χ3n) is 2.41. The number of nitrogen functional groups attached to an aromatic ring is 1. The number of hydrazine groups is 1. The number of rotatable bonds is 4. The average molecular weight is 285 g/mol. The van der Waals surface area contributed by atoms with Gasteiger partial charge >= 0.3 is 0 Å². The summed E-state index contributed by atoms with van der Waals surface area (Å²) in [5.74, 6) is 0.385. The molecule has 0 radical (unpaired) electrons. The van der Waals surface area contributed by atoms with Crippen LogP contribution < -0.4 is 15.6 Å². The van der Waals surface area contributed by atoms with Crippen LogP contribution in [-0.2, 0) is 17.1 Å². The molecular weight excluding hydrogens is 270 g/mol. The second kappa shape index (κ2) is 4.63. The van der Waals surface area contributed by atoms with Gasteiger partial charge in [0.2, 0.25) is 16.0 Å². The normalized spacial score (nSPS) is 11.9. The Labute approximate surface area is 110 Å². The minimum atomic E-state index is -3.42. The van der Waals surface area contributed by atoms with E-state index in [-0.39, 0.29) is 5.95 Å². The molecule has 0 saturated carbocycles. The largest absolute Gasteiger partial charge is 0.368 e. The number of nitrogens with two attached hydrogens (primary N) is 1. The highest BCUT2D eigenvalue weighted by Gasteiger charge is 2.18. The van der Waals surface area contributed by atoms with E-state index < -0.39 is 10.0 Å². The standard InChI is InChI=1S/C9H15N7O2S/c1-4-16(14-19(3,17)18)8-6-7(12-9(10)13-8)15(2)5-11-6/h5,14H,4H2,1-3H3,(H2,10,12,13). The minimum absolute atomic E-state index is 0.0554. The van der Waals surface area contributed by atoms with Gasteiger partial charge in [-0.05, 0) is 6.92 Å². The van der Waals surface area contributed by atoms with E-state index in [1.807, 2.05) is 0 Å². The Morgan fingerprint density at radius 2 is 2.16 bits per heavy atom. The highest BCUT2D eigenvalue weighted by molar-refractivity contribution is 7.88. The first-order valence-electron chi connectivity index (χ1n) is 5.51. The lowest BCUT2D eigenvalue weighted by Gasteiger charge is -2.21. The zero-order chi connectivity index (χ0) is 14.2. The van der Waals surface area contributed by atoms with Crippen molar-refractivity contribution in [2.75, 3.05) is 23.5 Å². The molecule has 2 rings (SSSR count). The molecule has 2 aromatic heterocycles. The molecule has 0 aromatic carbocycles. The molecular formula is C9H15N7O2S. The van der Waals surface area contributed by atoms with Crippen LogP contribution in [0.4, 0.5) is 11.8 Å². The Bertz CT molecular complexity index is 709. The summed E-state index contributed by atoms with van der Waals surface area (Å²) in [5, 5.41) is 1.36. The van der Waals surface area contributed by atoms with E-state index in [0.29, 0.717) is 23.5 Å². The second-order valence-electron chi connectivity index (χ2n) is 4.04. The van der Waals surface area contributed by atoms with Gasteiger partial charge < -0.3 is 10.3 Å². The molecule has 0 aliphatic carbocycles. The number of sulfonamides is 1. The number of fused-ring (bicyclic) bond motifs is 1. The maximum Gasteiger partial charge on any atom is 0.225 e. The van der Waals surface area contributed by atoms with Gasteiger partial charge in [0.25, 0.3) is 0 Å². The minimum Gasteiger partial charge on any atom is -0.368 e. The summed E-state index contributed by atoms with van der Waals surface area (Å²) in [6.45, 7) is 2.15. The molecule has 9 nitrogen and oxygen atoms in total. The van der Waals surface area contributed by atoms with Gasteiger partial charge in [-0.1, -0.05) is 0 Å². The van der Waals surface area contributed by atoms with Crippen molar-refractivity contribution in [1.29, 1.82) is 0 Å². The molecule has 0 aliphatic rings. The summed E-state index contributed by atoms with van der Waals surface area (Å²) in [6.07, 6.45) is 2.63. The van der Waals surface area contributed by atoms with E-state index >= 15 is 0 Å². The molecule has 10 heteroatoms. The van der Waals surface area contributed by atoms with E-state index in [2.05, 4.69) is 19.8 Å². The van der Waals surface area contributed by atoms with E-state index in [9.17, 15) is 8.42 Å². The first-order valence-corrected chi connectivity index (χ1v) is 7.40. The maximum absolute atomic E-state index is 11.3. The highest BCUT2D eigenvalue weighted by Crippen LogP contribution is 2.21. The van der Waals surface area contributed by atoms with Crippen molar-refractivity contribution in [1.82, 2.24) is 24.4 Å². The number of hydrogen-bond donors (Lipinski definition) is 2. The molecule has 2 aromatic rings. The summed E-state index contributed by atoms with van der Waals surface area (Å²) in [7, 11) is -1.65. The summed E-state index contributed by atoms with van der Waals surface area (Å²) < 4.78 is 24.4. The highest BCUT2D eigenvalue weighted by atomic mass is 32.2. The van der Waals surface area contributed by atoms with Gasteiger partial charge in [-0.3, -0.25) is 5.01 Å². The molecule has 19 heavy (non-hydrogen) atoms. The molecule has 0 aliphatic heterocycles. The number of anilines is 2. The summed E-state index contributed by atoms with van der Waals surface area (Å²) >= 11 is 0. The smallest absolute Gasteiger partial charge is 0.225 e. The SMILES string of the molecule is CCN(NS(C)(=O)=O)c1nc(N)nc2c1ncn2C. The average Bonchev–Trinajstić information content (AvgIpc) is 2.66. The van der Waals surface area contributed by atoms with Crippen LogP contribution in [0.1, 0.15) is 6.92 Å². The van der Waals surface area contributed by atoms with Crippen molar-refractivity contribution in [3.8, 4) is 0 Å². The van der Waals surface area contributed by atoms with Crippen LogP contribution in [0.15, 0.2) is 6.33 Å². The van der Waals surface area contributed by atoms with E-state index in [1.54, 1.807) is 24.9 Å². The zero-order valence-corrected chi connectivity index (χ0v) is 11.6. The first-order chi connectivity index (χ1) is 8.81. The molecule has 0 atom stereocenters. The number of aryl methyl sites for hydroxylation is 1. The lowest BCUT2D eigenvalue weighted by molar-refractivity contribution is 0.582. The summed E-state index contributed by atoms with van der Waals surface area (Å²) in [4.78, 5) is 14.7. The van der Waals surface area contributed by atoms with Crippen molar-refractivity contribution < 1.29 is 8.42 Å². The molecule has 0 bridgehead atoms. The Kier molecular flexibility index (Phi) is 3.28. The van der Waals surface area contributed by atoms with Crippen molar-refractivity contribution >= 4 is 33.0 Å². The topological polar surface area (TPSA) is 119 Å². The summed E-state index contributed by atoms with van der Waals surface area (Å²) in [6, 6.07) is 0. The van der Waals surface area contributed by atoms with Gasteiger partial charge in [-0.15, -0.1) is 4.83 Å². The second-order valence-corrected chi connectivity index (χ2v) is 5.77. The van der Waals surface area contributed by atoms with Gasteiger partial charge in [0.15, 0.2) is 17.0 Å². The Balaban J connectivity index is 2.59. The number of hydrogen-bond acceptors (Lipinski definition) is 7. The Morgan fingerprint density at radius 1 is 1.47 bits per heavy atom. The van der Waals surface area contributed by atoms with E-state index in [1.165, 1.54) is 5.01 Å². The lowest BCUT2D eigenvalue weighted by Crippen LogP contribution is -2.42. The van der Waals surface area contributed by atoms with Gasteiger partial charge in [0, 0.05) is 13.6 Å². The van der Waals surface area contributed by atoms with Gasteiger partial charge in [-0.25, -0.2) is 13.4 Å². The summed E-state index contributed by atoms with van der Waals surface area (Å²) in [5.41, 5.74) is 6.66. The van der Waals surface area contributed by atoms with Gasteiger partial charge in [-0.2, -0.15) is 9.97 Å². The van der Waals surface area contributed by atoms with Crippen molar-refractivity contribution in [3.63, 3.8) is 0 Å². The fourth-order valence-corrected chi connectivity index (χ4v) is 2.27. The van der Waals surface area contributed by atoms with Crippen LogP contribution in [0, 0.1) is 0 Å². The van der Waals surface area contributed by atoms with Crippen molar-refractivity contribution in [3.05, 3.63) is 6.33 Å². The predicted molar refractivity (Wildman–Crippen MR) is 71.7 cm³/mol. The van der Waals surface area contributed by atoms with Crippen LogP contribution >= 0.6 is 0 Å². The quantitative estimate of drug-likeness (QED) is 0.708. The van der Waals surface area contributed by atoms with Crippen LogP contribution in [0.5, 0.6) is 0 Å². The maximum atomic E-state index is 11.3. The number of aromatic nitrogens is 4. The van der Waals surface area contributed by atoms with Crippen LogP contribution in [0.3, 0.4) is 0 Å². The number of nitrogens with zero attached hydrogens (tertiary/aromatic N) is 5. The van der Waals surface area contributed by atoms with Gasteiger partial charge in [0.1, 0.15) is 0 Å². The lowest BCUT2D eigenvalue weighted by atomic mass is 10.4. The zero-order valence-electron chi connectivity index (χ0n) is 10.8. The van der Waals surface area contributed by atoms with E-state index in [4.69, 9.17) is 5.73 Å². The fourth-order valence-electron chi connectivity index (χ4n) is 1.65. The fraction of sp³-hybridized carbons (Fsp3) is 0.444. The molecule has 2 heterocycles.